The van der Waals surface area contributed by atoms with Crippen LogP contribution in [0.15, 0.2) is 24.4 Å². The molecule has 0 bridgehead atoms. The van der Waals surface area contributed by atoms with Crippen LogP contribution in [0.5, 0.6) is 0 Å². The molecule has 0 aliphatic carbocycles. The van der Waals surface area contributed by atoms with Crippen molar-refractivity contribution in [3.05, 3.63) is 30.1 Å². The Balaban J connectivity index is 0.000000292. The van der Waals surface area contributed by atoms with Crippen LogP contribution >= 0.6 is 17.8 Å². The van der Waals surface area contributed by atoms with E-state index in [9.17, 15) is 0 Å². The maximum atomic E-state index is 5.29. The molecule has 2 N–H and O–H groups in total. The number of aromatic nitrogens is 1. The van der Waals surface area contributed by atoms with E-state index in [-0.39, 0.29) is 0 Å². The summed E-state index contributed by atoms with van der Waals surface area (Å²) in [4.78, 5) is 3.97. The van der Waals surface area contributed by atoms with Gasteiger partial charge in [-0.2, -0.15) is 0 Å². The number of hydrogen-bond acceptors (Lipinski definition) is 2. The van der Waals surface area contributed by atoms with Gasteiger partial charge in [0.1, 0.15) is 0 Å². The Morgan fingerprint density at radius 3 is 2.36 bits per heavy atom. The average molecular weight is 298 g/mol. The summed E-state index contributed by atoms with van der Waals surface area (Å²) >= 11 is -0.826. The normalized spacial score (nSPS) is 8.27. The number of nitrogens with zero attached hydrogens (tertiary/aromatic N) is 1. The van der Waals surface area contributed by atoms with Gasteiger partial charge in [0.25, 0.3) is 0 Å². The Morgan fingerprint density at radius 1 is 1.45 bits per heavy atom. The molecule has 1 aromatic heterocycles. The summed E-state index contributed by atoms with van der Waals surface area (Å²) in [6, 6.07) is 5.70. The number of hydrogen-bond donors (Lipinski definition) is 1. The predicted octanol–water partition coefficient (Wildman–Crippen LogP) is 1.54. The van der Waals surface area contributed by atoms with E-state index in [0.29, 0.717) is 6.54 Å². The van der Waals surface area contributed by atoms with Gasteiger partial charge in [0, 0.05) is 12.7 Å². The van der Waals surface area contributed by atoms with Gasteiger partial charge < -0.3 is 5.73 Å². The standard InChI is InChI=1S/C6H8N2.2ClH.Sn/c7-5-6-3-1-2-4-8-6;;;/h1-4H,5,7H2;2*1H;/q;;;+2/p-2. The zero-order valence-electron chi connectivity index (χ0n) is 5.80. The minimum atomic E-state index is -0.826. The van der Waals surface area contributed by atoms with Crippen molar-refractivity contribution in [1.82, 2.24) is 4.98 Å². The van der Waals surface area contributed by atoms with Crippen LogP contribution in [0.4, 0.5) is 0 Å². The molecule has 0 unspecified atom stereocenters. The molecule has 0 saturated carbocycles. The molecule has 0 aliphatic rings. The van der Waals surface area contributed by atoms with Crippen LogP contribution < -0.4 is 5.73 Å². The molecule has 0 aromatic carbocycles. The van der Waals surface area contributed by atoms with E-state index < -0.39 is 18.9 Å². The van der Waals surface area contributed by atoms with Crippen molar-refractivity contribution in [3.63, 3.8) is 0 Å². The average Bonchev–Trinajstić information content (AvgIpc) is 2.08. The number of halogens is 2. The molecule has 0 atom stereocenters. The summed E-state index contributed by atoms with van der Waals surface area (Å²) in [5.74, 6) is 0. The minimum absolute atomic E-state index is 0.529. The van der Waals surface area contributed by atoms with Crippen LogP contribution in [-0.2, 0) is 6.54 Å². The first-order valence-electron chi connectivity index (χ1n) is 2.91. The van der Waals surface area contributed by atoms with Gasteiger partial charge in [0.2, 0.25) is 0 Å². The van der Waals surface area contributed by atoms with Crippen molar-refractivity contribution in [2.75, 3.05) is 0 Å². The molecular formula is C6H8Cl2N2Sn. The molecule has 0 saturated heterocycles. The first-order chi connectivity index (χ1) is 5.35. The third-order valence-corrected chi connectivity index (χ3v) is 0.935. The van der Waals surface area contributed by atoms with Crippen molar-refractivity contribution in [1.29, 1.82) is 0 Å². The Hall–Kier alpha value is 0.489. The molecule has 2 radical (unpaired) electrons. The van der Waals surface area contributed by atoms with Gasteiger partial charge in [-0.05, 0) is 12.1 Å². The van der Waals surface area contributed by atoms with Crippen LogP contribution in [0, 0.1) is 0 Å². The van der Waals surface area contributed by atoms with E-state index >= 15 is 0 Å². The number of pyridine rings is 1. The van der Waals surface area contributed by atoms with Crippen molar-refractivity contribution < 1.29 is 0 Å². The van der Waals surface area contributed by atoms with Crippen molar-refractivity contribution in [3.8, 4) is 0 Å². The molecule has 0 fully saturated rings. The Morgan fingerprint density at radius 2 is 2.09 bits per heavy atom. The van der Waals surface area contributed by atoms with Crippen LogP contribution in [-0.4, -0.2) is 23.9 Å². The second-order valence-electron chi connectivity index (χ2n) is 1.60. The summed E-state index contributed by atoms with van der Waals surface area (Å²) in [7, 11) is 9.87. The molecule has 1 aromatic rings. The van der Waals surface area contributed by atoms with Crippen LogP contribution in [0.2, 0.25) is 0 Å². The van der Waals surface area contributed by atoms with Gasteiger partial charge in [-0.25, -0.2) is 0 Å². The molecule has 0 spiro atoms. The van der Waals surface area contributed by atoms with Gasteiger partial charge in [-0.3, -0.25) is 4.98 Å². The van der Waals surface area contributed by atoms with Crippen molar-refractivity contribution in [2.45, 2.75) is 6.54 Å². The number of nitrogens with two attached hydrogens (primary N) is 1. The predicted molar refractivity (Wildman–Crippen MR) is 49.6 cm³/mol. The molecule has 1 rings (SSSR count). The van der Waals surface area contributed by atoms with Crippen LogP contribution in [0.25, 0.3) is 0 Å². The second kappa shape index (κ2) is 8.58. The van der Waals surface area contributed by atoms with E-state index in [2.05, 4.69) is 4.98 Å². The van der Waals surface area contributed by atoms with E-state index in [1.165, 1.54) is 0 Å². The Labute approximate surface area is 83.8 Å². The molecular weight excluding hydrogens is 290 g/mol. The topological polar surface area (TPSA) is 38.9 Å². The van der Waals surface area contributed by atoms with Crippen molar-refractivity contribution in [2.24, 2.45) is 5.73 Å². The van der Waals surface area contributed by atoms with Crippen LogP contribution in [0.1, 0.15) is 5.69 Å². The van der Waals surface area contributed by atoms with E-state index in [0.717, 1.165) is 5.69 Å². The third-order valence-electron chi connectivity index (χ3n) is 0.935. The third kappa shape index (κ3) is 6.87. The second-order valence-corrected chi connectivity index (χ2v) is 5.84. The van der Waals surface area contributed by atoms with Gasteiger partial charge in [-0.15, -0.1) is 0 Å². The fourth-order valence-electron chi connectivity index (χ4n) is 0.519. The summed E-state index contributed by atoms with van der Waals surface area (Å²) in [6.45, 7) is 0.529. The van der Waals surface area contributed by atoms with Gasteiger partial charge in [-0.1, -0.05) is 6.07 Å². The molecule has 0 aliphatic heterocycles. The molecule has 0 amide bonds. The number of rotatable bonds is 1. The monoisotopic (exact) mass is 298 g/mol. The summed E-state index contributed by atoms with van der Waals surface area (Å²) in [5, 5.41) is 0. The van der Waals surface area contributed by atoms with E-state index in [1.54, 1.807) is 6.20 Å². The molecule has 5 heteroatoms. The maximum absolute atomic E-state index is 5.29. The van der Waals surface area contributed by atoms with Gasteiger partial charge >= 0.3 is 36.7 Å². The molecule has 2 nitrogen and oxygen atoms in total. The van der Waals surface area contributed by atoms with Crippen LogP contribution in [0.3, 0.4) is 0 Å². The van der Waals surface area contributed by atoms with Crippen molar-refractivity contribution >= 4 is 36.7 Å². The van der Waals surface area contributed by atoms with E-state index in [4.69, 9.17) is 23.6 Å². The summed E-state index contributed by atoms with van der Waals surface area (Å²) in [6.07, 6.45) is 1.74. The molecule has 11 heavy (non-hydrogen) atoms. The fraction of sp³-hybridized carbons (Fsp3) is 0.167. The Kier molecular flexibility index (Phi) is 8.97. The van der Waals surface area contributed by atoms with Gasteiger partial charge in [0.05, 0.1) is 5.69 Å². The summed E-state index contributed by atoms with van der Waals surface area (Å²) in [5.41, 5.74) is 6.22. The Bertz CT molecular complexity index is 171. The zero-order chi connectivity index (χ0) is 8.53. The van der Waals surface area contributed by atoms with E-state index in [1.807, 2.05) is 18.2 Å². The first kappa shape index (κ1) is 11.5. The summed E-state index contributed by atoms with van der Waals surface area (Å²) < 4.78 is 0. The molecule has 1 heterocycles. The quantitative estimate of drug-likeness (QED) is 0.799. The fourth-order valence-corrected chi connectivity index (χ4v) is 0.519. The molecule has 60 valence electrons. The van der Waals surface area contributed by atoms with Gasteiger partial charge in [0.15, 0.2) is 0 Å². The first-order valence-corrected chi connectivity index (χ1v) is 10.1. The zero-order valence-corrected chi connectivity index (χ0v) is 10.2. The SMILES string of the molecule is NCc1ccccn1.[Cl][Sn][Cl].